The van der Waals surface area contributed by atoms with E-state index in [1.807, 2.05) is 0 Å². The van der Waals surface area contributed by atoms with Crippen molar-refractivity contribution in [2.45, 2.75) is 0 Å². The number of carbonyl (C=O) groups excluding carboxylic acids is 1. The van der Waals surface area contributed by atoms with E-state index in [0.29, 0.717) is 16.3 Å². The molecular formula is C14H13ClN2O2. The Hall–Kier alpha value is -2.20. The average Bonchev–Trinajstić information content (AvgIpc) is 2.42. The van der Waals surface area contributed by atoms with Gasteiger partial charge in [-0.05, 0) is 42.5 Å². The van der Waals surface area contributed by atoms with Crippen LogP contribution in [0.2, 0.25) is 5.02 Å². The molecule has 0 aliphatic heterocycles. The number of hydrogen-bond donors (Lipinski definition) is 2. The second-order valence-electron chi connectivity index (χ2n) is 3.93. The van der Waals surface area contributed by atoms with Crippen molar-refractivity contribution in [3.05, 3.63) is 53.1 Å². The Balaban J connectivity index is 2.17. The van der Waals surface area contributed by atoms with Gasteiger partial charge < -0.3 is 15.8 Å². The predicted octanol–water partition coefficient (Wildman–Crippen LogP) is 3.45. The topological polar surface area (TPSA) is 64.3 Å². The third-order valence-electron chi connectivity index (χ3n) is 2.58. The molecule has 0 spiro atoms. The quantitative estimate of drug-likeness (QED) is 0.666. The number of hydrogen-bond acceptors (Lipinski definition) is 4. The molecular weight excluding hydrogens is 264 g/mol. The van der Waals surface area contributed by atoms with E-state index in [9.17, 15) is 4.79 Å². The number of methoxy groups -OCH3 is 1. The summed E-state index contributed by atoms with van der Waals surface area (Å²) in [5, 5.41) is 3.68. The molecule has 0 radical (unpaired) electrons. The van der Waals surface area contributed by atoms with Crippen molar-refractivity contribution < 1.29 is 9.53 Å². The van der Waals surface area contributed by atoms with Crippen molar-refractivity contribution in [1.82, 2.24) is 0 Å². The van der Waals surface area contributed by atoms with Gasteiger partial charge in [-0.15, -0.1) is 0 Å². The highest BCUT2D eigenvalue weighted by Crippen LogP contribution is 2.27. The van der Waals surface area contributed by atoms with Crippen molar-refractivity contribution in [3.8, 4) is 0 Å². The van der Waals surface area contributed by atoms with E-state index in [2.05, 4.69) is 10.1 Å². The van der Waals surface area contributed by atoms with Crippen LogP contribution in [0.25, 0.3) is 0 Å². The molecule has 0 unspecified atom stereocenters. The number of esters is 1. The van der Waals surface area contributed by atoms with Gasteiger partial charge in [0.15, 0.2) is 0 Å². The van der Waals surface area contributed by atoms with Crippen LogP contribution in [0.5, 0.6) is 0 Å². The Morgan fingerprint density at radius 3 is 2.47 bits per heavy atom. The standard InChI is InChI=1S/C14H13ClN2O2/c1-19-14(18)9-2-5-11(6-3-9)17-13-7-4-10(16)8-12(13)15/h2-8,17H,16H2,1H3. The number of nitrogens with two attached hydrogens (primary N) is 1. The minimum Gasteiger partial charge on any atom is -0.465 e. The lowest BCUT2D eigenvalue weighted by Gasteiger charge is -2.09. The maximum atomic E-state index is 11.3. The summed E-state index contributed by atoms with van der Waals surface area (Å²) in [5.74, 6) is -0.364. The zero-order chi connectivity index (χ0) is 13.8. The summed E-state index contributed by atoms with van der Waals surface area (Å²) in [6.45, 7) is 0. The highest BCUT2D eigenvalue weighted by Gasteiger charge is 2.05. The molecule has 0 amide bonds. The van der Waals surface area contributed by atoms with Gasteiger partial charge in [0.2, 0.25) is 0 Å². The Morgan fingerprint density at radius 1 is 1.21 bits per heavy atom. The lowest BCUT2D eigenvalue weighted by molar-refractivity contribution is 0.0601. The van der Waals surface area contributed by atoms with Crippen molar-refractivity contribution in [2.24, 2.45) is 0 Å². The van der Waals surface area contributed by atoms with Gasteiger partial charge in [-0.1, -0.05) is 11.6 Å². The van der Waals surface area contributed by atoms with Gasteiger partial charge in [-0.2, -0.15) is 0 Å². The van der Waals surface area contributed by atoms with E-state index in [1.165, 1.54) is 7.11 Å². The zero-order valence-corrected chi connectivity index (χ0v) is 11.1. The first-order valence-corrected chi connectivity index (χ1v) is 5.98. The van der Waals surface area contributed by atoms with Crippen LogP contribution in [-0.2, 0) is 4.74 Å². The molecule has 0 saturated carbocycles. The first-order valence-electron chi connectivity index (χ1n) is 5.60. The van der Waals surface area contributed by atoms with Crippen molar-refractivity contribution in [3.63, 3.8) is 0 Å². The summed E-state index contributed by atoms with van der Waals surface area (Å²) >= 11 is 6.07. The lowest BCUT2D eigenvalue weighted by Crippen LogP contribution is -2.01. The van der Waals surface area contributed by atoms with Crippen LogP contribution in [0.3, 0.4) is 0 Å². The fourth-order valence-electron chi connectivity index (χ4n) is 1.60. The van der Waals surface area contributed by atoms with Crippen molar-refractivity contribution in [1.29, 1.82) is 0 Å². The monoisotopic (exact) mass is 276 g/mol. The summed E-state index contributed by atoms with van der Waals surface area (Å²) in [6, 6.07) is 12.1. The third-order valence-corrected chi connectivity index (χ3v) is 2.89. The van der Waals surface area contributed by atoms with Crippen molar-refractivity contribution in [2.75, 3.05) is 18.2 Å². The molecule has 2 rings (SSSR count). The number of carbonyl (C=O) groups is 1. The fraction of sp³-hybridized carbons (Fsp3) is 0.0714. The molecule has 3 N–H and O–H groups in total. The van der Waals surface area contributed by atoms with Gasteiger partial charge in [0.25, 0.3) is 0 Å². The molecule has 5 heteroatoms. The fourth-order valence-corrected chi connectivity index (χ4v) is 1.83. The first-order chi connectivity index (χ1) is 9.10. The molecule has 0 aromatic heterocycles. The number of nitrogens with one attached hydrogen (secondary N) is 1. The molecule has 19 heavy (non-hydrogen) atoms. The summed E-state index contributed by atoms with van der Waals surface area (Å²) in [4.78, 5) is 11.3. The first kappa shape index (κ1) is 13.2. The Labute approximate surface area is 116 Å². The van der Waals surface area contributed by atoms with E-state index in [1.54, 1.807) is 42.5 Å². The molecule has 0 aliphatic rings. The van der Waals surface area contributed by atoms with E-state index >= 15 is 0 Å². The Kier molecular flexibility index (Phi) is 3.92. The molecule has 2 aromatic carbocycles. The van der Waals surface area contributed by atoms with Crippen LogP contribution in [-0.4, -0.2) is 13.1 Å². The highest BCUT2D eigenvalue weighted by atomic mass is 35.5. The SMILES string of the molecule is COC(=O)c1ccc(Nc2ccc(N)cc2Cl)cc1. The van der Waals surface area contributed by atoms with Crippen LogP contribution in [0, 0.1) is 0 Å². The Bertz CT molecular complexity index is 597. The molecule has 0 atom stereocenters. The van der Waals surface area contributed by atoms with Crippen LogP contribution in [0.1, 0.15) is 10.4 Å². The second-order valence-corrected chi connectivity index (χ2v) is 4.34. The smallest absolute Gasteiger partial charge is 0.337 e. The molecule has 0 fully saturated rings. The average molecular weight is 277 g/mol. The van der Waals surface area contributed by atoms with Gasteiger partial charge in [-0.25, -0.2) is 4.79 Å². The van der Waals surface area contributed by atoms with Crippen LogP contribution in [0.15, 0.2) is 42.5 Å². The maximum Gasteiger partial charge on any atom is 0.337 e. The third kappa shape index (κ3) is 3.17. The zero-order valence-electron chi connectivity index (χ0n) is 10.3. The van der Waals surface area contributed by atoms with Gasteiger partial charge in [0, 0.05) is 11.4 Å². The molecule has 0 heterocycles. The molecule has 0 aliphatic carbocycles. The number of anilines is 3. The van der Waals surface area contributed by atoms with Gasteiger partial charge in [-0.3, -0.25) is 0 Å². The van der Waals surface area contributed by atoms with E-state index in [0.717, 1.165) is 11.4 Å². The Morgan fingerprint density at radius 2 is 1.89 bits per heavy atom. The number of ether oxygens (including phenoxy) is 1. The molecule has 0 bridgehead atoms. The summed E-state index contributed by atoms with van der Waals surface area (Å²) in [5.41, 5.74) is 8.30. The van der Waals surface area contributed by atoms with Crippen LogP contribution >= 0.6 is 11.6 Å². The number of halogens is 1. The molecule has 98 valence electrons. The lowest BCUT2D eigenvalue weighted by atomic mass is 10.2. The van der Waals surface area contributed by atoms with E-state index in [4.69, 9.17) is 17.3 Å². The van der Waals surface area contributed by atoms with Crippen LogP contribution in [0.4, 0.5) is 17.1 Å². The summed E-state index contributed by atoms with van der Waals surface area (Å²) in [6.07, 6.45) is 0. The molecule has 2 aromatic rings. The number of benzene rings is 2. The molecule has 0 saturated heterocycles. The number of nitrogen functional groups attached to an aromatic ring is 1. The van der Waals surface area contributed by atoms with Gasteiger partial charge in [0.05, 0.1) is 23.4 Å². The minimum absolute atomic E-state index is 0.364. The second kappa shape index (κ2) is 5.63. The predicted molar refractivity (Wildman–Crippen MR) is 76.9 cm³/mol. The number of rotatable bonds is 3. The molecule has 4 nitrogen and oxygen atoms in total. The van der Waals surface area contributed by atoms with E-state index in [-0.39, 0.29) is 5.97 Å². The summed E-state index contributed by atoms with van der Waals surface area (Å²) < 4.78 is 4.63. The minimum atomic E-state index is -0.364. The normalized spacial score (nSPS) is 10.0. The van der Waals surface area contributed by atoms with Crippen LogP contribution < -0.4 is 11.1 Å². The largest absolute Gasteiger partial charge is 0.465 e. The van der Waals surface area contributed by atoms with E-state index < -0.39 is 0 Å². The summed E-state index contributed by atoms with van der Waals surface area (Å²) in [7, 11) is 1.35. The highest BCUT2D eigenvalue weighted by molar-refractivity contribution is 6.33. The maximum absolute atomic E-state index is 11.3. The van der Waals surface area contributed by atoms with Gasteiger partial charge in [0.1, 0.15) is 0 Å². The van der Waals surface area contributed by atoms with Crippen molar-refractivity contribution >= 4 is 34.6 Å². The van der Waals surface area contributed by atoms with Gasteiger partial charge >= 0.3 is 5.97 Å².